The van der Waals surface area contributed by atoms with E-state index in [4.69, 9.17) is 11.6 Å². The van der Waals surface area contributed by atoms with E-state index in [9.17, 15) is 4.79 Å². The van der Waals surface area contributed by atoms with E-state index in [1.165, 1.54) is 0 Å². The first kappa shape index (κ1) is 16.0. The molecule has 0 bridgehead atoms. The number of rotatable bonds is 4. The van der Waals surface area contributed by atoms with Crippen molar-refractivity contribution in [3.8, 4) is 0 Å². The lowest BCUT2D eigenvalue weighted by atomic mass is 10.2. The quantitative estimate of drug-likeness (QED) is 0.738. The molecule has 120 valence electrons. The molecule has 0 aliphatic rings. The maximum atomic E-state index is 12.1. The van der Waals surface area contributed by atoms with Gasteiger partial charge in [-0.3, -0.25) is 4.79 Å². The number of carbonyl (C=O) groups is 1. The van der Waals surface area contributed by atoms with Gasteiger partial charge in [-0.25, -0.2) is 0 Å². The highest BCUT2D eigenvalue weighted by molar-refractivity contribution is 6.30. The summed E-state index contributed by atoms with van der Waals surface area (Å²) < 4.78 is 0. The van der Waals surface area contributed by atoms with Crippen molar-refractivity contribution in [3.05, 3.63) is 76.8 Å². The van der Waals surface area contributed by atoms with Crippen LogP contribution in [0.3, 0.4) is 0 Å². The molecule has 0 spiro atoms. The summed E-state index contributed by atoms with van der Waals surface area (Å²) in [6.07, 6.45) is 0. The average molecular weight is 339 g/mol. The molecule has 0 unspecified atom stereocenters. The van der Waals surface area contributed by atoms with Crippen molar-refractivity contribution in [3.63, 3.8) is 0 Å². The van der Waals surface area contributed by atoms with Crippen LogP contribution in [0.25, 0.3) is 0 Å². The highest BCUT2D eigenvalue weighted by Crippen LogP contribution is 2.16. The summed E-state index contributed by atoms with van der Waals surface area (Å²) in [5.74, 6) is 0.718. The van der Waals surface area contributed by atoms with Gasteiger partial charge in [0.15, 0.2) is 11.6 Å². The van der Waals surface area contributed by atoms with Gasteiger partial charge in [0.05, 0.1) is 0 Å². The third-order valence-corrected chi connectivity index (χ3v) is 3.56. The van der Waals surface area contributed by atoms with E-state index in [-0.39, 0.29) is 5.91 Å². The molecule has 0 fully saturated rings. The Balaban J connectivity index is 1.66. The Labute approximate surface area is 144 Å². The number of nitrogens with zero attached hydrogens (tertiary/aromatic N) is 2. The van der Waals surface area contributed by atoms with Crippen LogP contribution in [-0.4, -0.2) is 16.1 Å². The van der Waals surface area contributed by atoms with Crippen molar-refractivity contribution < 1.29 is 4.79 Å². The minimum Gasteiger partial charge on any atom is -0.339 e. The molecule has 0 atom stereocenters. The van der Waals surface area contributed by atoms with Gasteiger partial charge in [0, 0.05) is 16.3 Å². The molecule has 24 heavy (non-hydrogen) atoms. The first-order valence-electron chi connectivity index (χ1n) is 7.34. The number of aryl methyl sites for hydroxylation is 1. The number of aromatic nitrogens is 2. The summed E-state index contributed by atoms with van der Waals surface area (Å²) >= 11 is 5.81. The van der Waals surface area contributed by atoms with Crippen molar-refractivity contribution >= 4 is 34.8 Å². The molecule has 0 saturated heterocycles. The Morgan fingerprint density at radius 2 is 1.67 bits per heavy atom. The highest BCUT2D eigenvalue weighted by atomic mass is 35.5. The van der Waals surface area contributed by atoms with Crippen LogP contribution in [0.15, 0.2) is 60.7 Å². The third-order valence-electron chi connectivity index (χ3n) is 3.30. The van der Waals surface area contributed by atoms with E-state index in [2.05, 4.69) is 20.8 Å². The predicted molar refractivity (Wildman–Crippen MR) is 95.9 cm³/mol. The Morgan fingerprint density at radius 1 is 0.958 bits per heavy atom. The van der Waals surface area contributed by atoms with Crippen LogP contribution < -0.4 is 10.6 Å². The van der Waals surface area contributed by atoms with Gasteiger partial charge in [-0.15, -0.1) is 10.2 Å². The summed E-state index contributed by atoms with van der Waals surface area (Å²) in [5, 5.41) is 14.5. The molecule has 1 aromatic heterocycles. The second-order valence-corrected chi connectivity index (χ2v) is 5.70. The summed E-state index contributed by atoms with van der Waals surface area (Å²) in [6.45, 7) is 2.02. The second-order valence-electron chi connectivity index (χ2n) is 5.26. The zero-order valence-corrected chi connectivity index (χ0v) is 13.7. The van der Waals surface area contributed by atoms with Crippen LogP contribution in [0.1, 0.15) is 15.9 Å². The van der Waals surface area contributed by atoms with Crippen molar-refractivity contribution in [1.29, 1.82) is 0 Å². The van der Waals surface area contributed by atoms with Crippen LogP contribution in [-0.2, 0) is 0 Å². The van der Waals surface area contributed by atoms with Gasteiger partial charge in [0.25, 0.3) is 5.91 Å². The molecular weight excluding hydrogens is 324 g/mol. The second kappa shape index (κ2) is 7.10. The molecule has 5 nitrogen and oxygen atoms in total. The average Bonchev–Trinajstić information content (AvgIpc) is 2.57. The molecule has 2 N–H and O–H groups in total. The van der Waals surface area contributed by atoms with Crippen LogP contribution >= 0.6 is 11.6 Å². The van der Waals surface area contributed by atoms with Crippen LogP contribution in [0.5, 0.6) is 0 Å². The number of hydrogen-bond donors (Lipinski definition) is 2. The van der Waals surface area contributed by atoms with Crippen molar-refractivity contribution in [2.24, 2.45) is 0 Å². The smallest absolute Gasteiger partial charge is 0.256 e. The van der Waals surface area contributed by atoms with Crippen molar-refractivity contribution in [2.45, 2.75) is 6.92 Å². The zero-order chi connectivity index (χ0) is 16.9. The molecule has 2 aromatic carbocycles. The predicted octanol–water partition coefficient (Wildman–Crippen LogP) is 4.43. The normalized spacial score (nSPS) is 10.2. The number of amides is 1. The third kappa shape index (κ3) is 4.08. The minimum absolute atomic E-state index is 0.264. The minimum atomic E-state index is -0.264. The first-order chi connectivity index (χ1) is 11.6. The Kier molecular flexibility index (Phi) is 4.72. The number of benzene rings is 2. The fraction of sp³-hybridized carbons (Fsp3) is 0.0556. The van der Waals surface area contributed by atoms with Crippen LogP contribution in [0.2, 0.25) is 5.02 Å². The molecule has 0 saturated carbocycles. The van der Waals surface area contributed by atoms with Gasteiger partial charge >= 0.3 is 0 Å². The van der Waals surface area contributed by atoms with E-state index >= 15 is 0 Å². The molecule has 6 heteroatoms. The Hall–Kier alpha value is -2.92. The van der Waals surface area contributed by atoms with Gasteiger partial charge in [-0.2, -0.15) is 0 Å². The number of hydrogen-bond acceptors (Lipinski definition) is 4. The Bertz CT molecular complexity index is 848. The number of carbonyl (C=O) groups excluding carboxylic acids is 1. The zero-order valence-electron chi connectivity index (χ0n) is 13.0. The largest absolute Gasteiger partial charge is 0.339 e. The lowest BCUT2D eigenvalue weighted by molar-refractivity contribution is 0.102. The van der Waals surface area contributed by atoms with Gasteiger partial charge < -0.3 is 10.6 Å². The van der Waals surface area contributed by atoms with Crippen LogP contribution in [0, 0.1) is 6.92 Å². The van der Waals surface area contributed by atoms with Crippen molar-refractivity contribution in [2.75, 3.05) is 10.6 Å². The fourth-order valence-electron chi connectivity index (χ4n) is 2.13. The topological polar surface area (TPSA) is 66.9 Å². The monoisotopic (exact) mass is 338 g/mol. The lowest BCUT2D eigenvalue weighted by Crippen LogP contribution is -2.13. The van der Waals surface area contributed by atoms with E-state index in [0.717, 1.165) is 11.3 Å². The highest BCUT2D eigenvalue weighted by Gasteiger charge is 2.07. The standard InChI is InChI=1S/C18H15ClN4O/c1-12-3-2-4-15(11-12)20-16-9-10-17(23-22-16)21-18(24)13-5-7-14(19)8-6-13/h2-11H,1H3,(H,20,22)(H,21,23,24). The SMILES string of the molecule is Cc1cccc(Nc2ccc(NC(=O)c3ccc(Cl)cc3)nn2)c1. The molecule has 3 aromatic rings. The summed E-state index contributed by atoms with van der Waals surface area (Å²) in [7, 11) is 0. The van der Waals surface area contributed by atoms with E-state index < -0.39 is 0 Å². The maximum absolute atomic E-state index is 12.1. The van der Waals surface area contributed by atoms with E-state index in [1.54, 1.807) is 36.4 Å². The molecule has 1 heterocycles. The Morgan fingerprint density at radius 3 is 2.33 bits per heavy atom. The molecule has 1 amide bonds. The van der Waals surface area contributed by atoms with Gasteiger partial charge in [-0.05, 0) is 61.0 Å². The van der Waals surface area contributed by atoms with Crippen LogP contribution in [0.4, 0.5) is 17.3 Å². The van der Waals surface area contributed by atoms with Gasteiger partial charge in [-0.1, -0.05) is 23.7 Å². The maximum Gasteiger partial charge on any atom is 0.256 e. The fourth-order valence-corrected chi connectivity index (χ4v) is 2.25. The molecule has 0 radical (unpaired) electrons. The molecular formula is C18H15ClN4O. The lowest BCUT2D eigenvalue weighted by Gasteiger charge is -2.07. The van der Waals surface area contributed by atoms with Crippen molar-refractivity contribution in [1.82, 2.24) is 10.2 Å². The number of anilines is 3. The summed E-state index contributed by atoms with van der Waals surface area (Å²) in [4.78, 5) is 12.1. The van der Waals surface area contributed by atoms with Gasteiger partial charge in [0.1, 0.15) is 0 Å². The number of halogens is 1. The number of nitrogens with one attached hydrogen (secondary N) is 2. The first-order valence-corrected chi connectivity index (χ1v) is 7.72. The van der Waals surface area contributed by atoms with Gasteiger partial charge in [0.2, 0.25) is 0 Å². The van der Waals surface area contributed by atoms with E-state index in [0.29, 0.717) is 22.2 Å². The molecule has 3 rings (SSSR count). The molecule has 0 aliphatic carbocycles. The van der Waals surface area contributed by atoms with E-state index in [1.807, 2.05) is 31.2 Å². The summed E-state index contributed by atoms with van der Waals surface area (Å²) in [6, 6.07) is 18.0. The summed E-state index contributed by atoms with van der Waals surface area (Å²) in [5.41, 5.74) is 2.59. The molecule has 0 aliphatic heterocycles.